The van der Waals surface area contributed by atoms with Crippen LogP contribution >= 0.6 is 0 Å². The highest BCUT2D eigenvalue weighted by molar-refractivity contribution is 5.99. The molecule has 1 aliphatic heterocycles. The van der Waals surface area contributed by atoms with Crippen LogP contribution in [0, 0.1) is 41.4 Å². The first-order valence-electron chi connectivity index (χ1n) is 30.6. The molecule has 23 heteroatoms. The Morgan fingerprint density at radius 1 is 0.447 bits per heavy atom. The molecule has 85 heavy (non-hydrogen) atoms. The monoisotopic (exact) mass is 1200 g/mol. The molecule has 1 aliphatic rings. The van der Waals surface area contributed by atoms with Crippen molar-refractivity contribution in [1.29, 1.82) is 0 Å². The molecule has 1 rings (SSSR count). The molecule has 0 aromatic rings. The molecular formula is C62H111N11O12. The molecule has 23 nitrogen and oxygen atoms in total. The van der Waals surface area contributed by atoms with Gasteiger partial charge in [0.25, 0.3) is 0 Å². The number of allylic oxidation sites excluding steroid dienone is 2. The number of likely N-dealkylation sites (N-methyl/N-ethyl adjacent to an activating group) is 7. The largest absolute Gasteiger partial charge is 0.390 e. The number of aliphatic hydroxyl groups excluding tert-OH is 1. The van der Waals surface area contributed by atoms with Crippen molar-refractivity contribution in [1.82, 2.24) is 55.6 Å². The lowest BCUT2D eigenvalue weighted by molar-refractivity contribution is -0.157. The van der Waals surface area contributed by atoms with E-state index < -0.39 is 156 Å². The molecule has 486 valence electrons. The van der Waals surface area contributed by atoms with E-state index in [9.17, 15) is 48.3 Å². The fraction of sp³-hybridized carbons (Fsp3) is 0.790. The van der Waals surface area contributed by atoms with Crippen LogP contribution in [0.3, 0.4) is 0 Å². The zero-order chi connectivity index (χ0) is 66.0. The smallest absolute Gasteiger partial charge is 0.246 e. The summed E-state index contributed by atoms with van der Waals surface area (Å²) in [5.74, 6) is -9.70. The summed E-state index contributed by atoms with van der Waals surface area (Å²) in [6, 6.07) is -12.3. The first kappa shape index (κ1) is 76.9. The SMILES string of the molecule is C/C=C/CC(C)C(O)[C@H]1C(=O)N[C@@H](CC)C(=O)N(C)CC(=O)N(C)[C@@H](C(C)C)C(=O)N[C@@H](CC(C)C)C(=O)N(C)[C@@H](CC(C)C)C(=O)N[C@@H](C)C(=O)N[C@H](C)C(=O)N(C)[C@@H](CC(C)C)C(=O)N(C)[C@@H](CC(C)C)C(=O)N(C)[C@@H](C(C)C)C(=O)N1C. The maximum atomic E-state index is 15.1. The number of carbonyl (C=O) groups is 11. The maximum absolute atomic E-state index is 15.1. The molecule has 0 spiro atoms. The molecule has 1 fully saturated rings. The molecule has 5 N–H and O–H groups in total. The predicted molar refractivity (Wildman–Crippen MR) is 328 cm³/mol. The summed E-state index contributed by atoms with van der Waals surface area (Å²) in [7, 11) is 9.91. The van der Waals surface area contributed by atoms with Crippen LogP contribution in [0.5, 0.6) is 0 Å². The van der Waals surface area contributed by atoms with E-state index in [1.807, 2.05) is 55.4 Å². The van der Waals surface area contributed by atoms with Crippen molar-refractivity contribution in [3.63, 3.8) is 0 Å². The zero-order valence-corrected chi connectivity index (χ0v) is 56.1. The zero-order valence-electron chi connectivity index (χ0n) is 56.1. The molecule has 1 heterocycles. The molecule has 0 saturated carbocycles. The highest BCUT2D eigenvalue weighted by Gasteiger charge is 2.45. The van der Waals surface area contributed by atoms with E-state index in [1.165, 1.54) is 87.7 Å². The lowest BCUT2D eigenvalue weighted by Gasteiger charge is -2.41. The van der Waals surface area contributed by atoms with Gasteiger partial charge >= 0.3 is 0 Å². The Kier molecular flexibility index (Phi) is 31.5. The van der Waals surface area contributed by atoms with E-state index in [4.69, 9.17) is 0 Å². The van der Waals surface area contributed by atoms with Crippen LogP contribution in [-0.2, 0) is 52.7 Å². The molecule has 1 saturated heterocycles. The standard InChI is InChI=1S/C62H111N11O12/c1-25-27-28-40(15)52(75)51-56(79)65-43(26-2)58(81)67(18)33-48(74)71(22)49(38(11)12)55(78)66-44(29-34(3)4)59(82)68(19)45(30-35(5)6)54(77)63-41(16)53(76)64-42(17)57(80)69(20)46(31-36(7)8)60(83)70(21)47(32-37(9)10)61(84)72(23)50(39(13)14)62(85)73(51)24/h25,27,34-47,49-52,75H,26,28-33H2,1-24H3,(H,63,77)(H,64,76)(H,65,79)(H,66,78)/b27-25+/t40?,41-,42+,43-,44-,45-,46-,47-,49-,50-,51-,52?/m0/s1. The Morgan fingerprint density at radius 2 is 0.859 bits per heavy atom. The molecule has 12 atom stereocenters. The fourth-order valence-corrected chi connectivity index (χ4v) is 10.9. The Bertz CT molecular complexity index is 2330. The van der Waals surface area contributed by atoms with Crippen molar-refractivity contribution in [2.24, 2.45) is 41.4 Å². The van der Waals surface area contributed by atoms with Crippen molar-refractivity contribution in [2.75, 3.05) is 55.9 Å². The van der Waals surface area contributed by atoms with Crippen molar-refractivity contribution in [3.05, 3.63) is 12.2 Å². The van der Waals surface area contributed by atoms with Gasteiger partial charge in [-0.2, -0.15) is 0 Å². The molecule has 0 radical (unpaired) electrons. The second kappa shape index (κ2) is 34.9. The highest BCUT2D eigenvalue weighted by Crippen LogP contribution is 2.26. The number of hydrogen-bond acceptors (Lipinski definition) is 12. The van der Waals surface area contributed by atoms with E-state index in [0.717, 1.165) is 9.80 Å². The van der Waals surface area contributed by atoms with Gasteiger partial charge in [0, 0.05) is 49.3 Å². The van der Waals surface area contributed by atoms with E-state index in [-0.39, 0.29) is 55.8 Å². The van der Waals surface area contributed by atoms with Crippen LogP contribution in [0.1, 0.15) is 156 Å². The summed E-state index contributed by atoms with van der Waals surface area (Å²) < 4.78 is 0. The van der Waals surface area contributed by atoms with Gasteiger partial charge in [-0.05, 0) is 101 Å². The second-order valence-electron chi connectivity index (χ2n) is 26.1. The van der Waals surface area contributed by atoms with Gasteiger partial charge in [0.2, 0.25) is 65.0 Å². The van der Waals surface area contributed by atoms with Gasteiger partial charge < -0.3 is 60.7 Å². The molecule has 2 unspecified atom stereocenters. The molecule has 0 aromatic heterocycles. The maximum Gasteiger partial charge on any atom is 0.246 e. The highest BCUT2D eigenvalue weighted by atomic mass is 16.3. The quantitative estimate of drug-likeness (QED) is 0.148. The number of nitrogens with one attached hydrogen (secondary N) is 4. The number of hydrogen-bond donors (Lipinski definition) is 5. The number of rotatable bonds is 15. The lowest BCUT2D eigenvalue weighted by atomic mass is 9.91. The van der Waals surface area contributed by atoms with Crippen LogP contribution in [0.2, 0.25) is 0 Å². The molecular weight excluding hydrogens is 1090 g/mol. The number of carbonyl (C=O) groups excluding carboxylic acids is 11. The van der Waals surface area contributed by atoms with E-state index in [1.54, 1.807) is 60.6 Å². The Labute approximate surface area is 508 Å². The summed E-state index contributed by atoms with van der Waals surface area (Å²) in [4.78, 5) is 169. The average molecular weight is 1200 g/mol. The summed E-state index contributed by atoms with van der Waals surface area (Å²) in [5, 5.41) is 23.1. The van der Waals surface area contributed by atoms with Gasteiger partial charge in [0.15, 0.2) is 0 Å². The normalized spacial score (nSPS) is 26.9. The summed E-state index contributed by atoms with van der Waals surface area (Å²) in [5.41, 5.74) is 0. The fourth-order valence-electron chi connectivity index (χ4n) is 10.9. The summed E-state index contributed by atoms with van der Waals surface area (Å²) in [6.07, 6.45) is 3.04. The first-order valence-corrected chi connectivity index (χ1v) is 30.6. The van der Waals surface area contributed by atoms with Gasteiger partial charge in [-0.3, -0.25) is 52.7 Å². The van der Waals surface area contributed by atoms with Gasteiger partial charge in [0.1, 0.15) is 60.4 Å². The summed E-state index contributed by atoms with van der Waals surface area (Å²) >= 11 is 0. The Morgan fingerprint density at radius 3 is 1.32 bits per heavy atom. The van der Waals surface area contributed by atoms with Crippen LogP contribution in [0.4, 0.5) is 0 Å². The van der Waals surface area contributed by atoms with Crippen molar-refractivity contribution in [2.45, 2.75) is 223 Å². The molecule has 0 aliphatic carbocycles. The van der Waals surface area contributed by atoms with Gasteiger partial charge in [0.05, 0.1) is 12.6 Å². The van der Waals surface area contributed by atoms with Crippen LogP contribution < -0.4 is 21.3 Å². The van der Waals surface area contributed by atoms with Crippen LogP contribution in [0.15, 0.2) is 12.2 Å². The van der Waals surface area contributed by atoms with Crippen molar-refractivity contribution < 1.29 is 57.8 Å². The minimum absolute atomic E-state index is 0.0222. The van der Waals surface area contributed by atoms with E-state index in [2.05, 4.69) is 21.3 Å². The third kappa shape index (κ3) is 21.7. The van der Waals surface area contributed by atoms with E-state index in [0.29, 0.717) is 6.42 Å². The number of aliphatic hydroxyl groups is 1. The minimum Gasteiger partial charge on any atom is -0.390 e. The average Bonchev–Trinajstić information content (AvgIpc) is 3.41. The van der Waals surface area contributed by atoms with Crippen LogP contribution in [-0.4, -0.2) is 227 Å². The number of amides is 11. The van der Waals surface area contributed by atoms with Crippen molar-refractivity contribution >= 4 is 65.0 Å². The number of nitrogens with zero attached hydrogens (tertiary/aromatic N) is 7. The third-order valence-corrected chi connectivity index (χ3v) is 16.0. The molecule has 0 bridgehead atoms. The summed E-state index contributed by atoms with van der Waals surface area (Å²) in [6.45, 7) is 29.3. The van der Waals surface area contributed by atoms with Gasteiger partial charge in [-0.15, -0.1) is 0 Å². The Hall–Kier alpha value is -6.13. The van der Waals surface area contributed by atoms with Gasteiger partial charge in [-0.1, -0.05) is 109 Å². The first-order chi connectivity index (χ1) is 39.2. The third-order valence-electron chi connectivity index (χ3n) is 16.0. The second-order valence-corrected chi connectivity index (χ2v) is 26.1. The lowest BCUT2D eigenvalue weighted by Crippen LogP contribution is -2.63. The van der Waals surface area contributed by atoms with Gasteiger partial charge in [-0.25, -0.2) is 0 Å². The molecule has 0 aromatic carbocycles. The predicted octanol–water partition coefficient (Wildman–Crippen LogP) is 3.27. The van der Waals surface area contributed by atoms with E-state index >= 15 is 9.59 Å². The van der Waals surface area contributed by atoms with Crippen LogP contribution in [0.25, 0.3) is 0 Å². The minimum atomic E-state index is -1.61. The topological polar surface area (TPSA) is 279 Å². The van der Waals surface area contributed by atoms with Crippen molar-refractivity contribution in [3.8, 4) is 0 Å². The molecule has 11 amide bonds. The Balaban J connectivity index is 4.32.